The molecule has 2 aromatic carbocycles. The number of hydrogen-bond acceptors (Lipinski definition) is 4. The first-order valence-electron chi connectivity index (χ1n) is 7.99. The molecule has 3 rings (SSSR count). The van der Waals surface area contributed by atoms with Crippen molar-refractivity contribution < 1.29 is 27.9 Å². The van der Waals surface area contributed by atoms with E-state index >= 15 is 0 Å². The van der Waals surface area contributed by atoms with Gasteiger partial charge in [-0.3, -0.25) is 0 Å². The molecule has 1 aliphatic heterocycles. The predicted octanol–water partition coefficient (Wildman–Crippen LogP) is 5.97. The Morgan fingerprint density at radius 2 is 1.79 bits per heavy atom. The summed E-state index contributed by atoms with van der Waals surface area (Å²) in [7, 11) is 1.44. The molecule has 1 aliphatic rings. The zero-order valence-electron chi connectivity index (χ0n) is 14.6. The number of anilines is 1. The fraction of sp³-hybridized carbons (Fsp3) is 0.222. The second-order valence-corrected chi connectivity index (χ2v) is 7.57. The number of benzene rings is 2. The number of oxime groups is 1. The van der Waals surface area contributed by atoms with Crippen LogP contribution in [0.4, 0.5) is 18.9 Å². The van der Waals surface area contributed by atoms with Crippen molar-refractivity contribution in [2.45, 2.75) is 18.2 Å². The third-order valence-electron chi connectivity index (χ3n) is 4.46. The molecule has 2 aromatic rings. The van der Waals surface area contributed by atoms with Gasteiger partial charge in [-0.25, -0.2) is 4.79 Å². The van der Waals surface area contributed by atoms with E-state index in [0.717, 1.165) is 12.1 Å². The quantitative estimate of drug-likeness (QED) is 0.604. The molecule has 0 saturated heterocycles. The summed E-state index contributed by atoms with van der Waals surface area (Å²) in [5.74, 6) is -1.34. The molecule has 0 spiro atoms. The van der Waals surface area contributed by atoms with E-state index in [1.165, 1.54) is 36.2 Å². The van der Waals surface area contributed by atoms with Gasteiger partial charge in [-0.05, 0) is 36.4 Å². The van der Waals surface area contributed by atoms with Crippen LogP contribution >= 0.6 is 34.8 Å². The molecule has 29 heavy (non-hydrogen) atoms. The first-order valence-corrected chi connectivity index (χ1v) is 9.13. The van der Waals surface area contributed by atoms with Crippen LogP contribution in [0.1, 0.15) is 22.3 Å². The summed E-state index contributed by atoms with van der Waals surface area (Å²) in [6, 6.07) is 7.56. The second-order valence-electron chi connectivity index (χ2n) is 6.29. The lowest BCUT2D eigenvalue weighted by Crippen LogP contribution is -2.44. The molecule has 0 aromatic heterocycles. The van der Waals surface area contributed by atoms with E-state index in [1.807, 2.05) is 0 Å². The number of alkyl halides is 3. The van der Waals surface area contributed by atoms with Gasteiger partial charge in [0.1, 0.15) is 0 Å². The third kappa shape index (κ3) is 3.97. The molecule has 0 aliphatic carbocycles. The molecule has 11 heteroatoms. The van der Waals surface area contributed by atoms with Crippen molar-refractivity contribution in [3.63, 3.8) is 0 Å². The van der Waals surface area contributed by atoms with Crippen LogP contribution in [0, 0.1) is 0 Å². The fourth-order valence-electron chi connectivity index (χ4n) is 2.89. The van der Waals surface area contributed by atoms with Crippen LogP contribution in [-0.4, -0.2) is 30.1 Å². The Morgan fingerprint density at radius 1 is 1.17 bits per heavy atom. The van der Waals surface area contributed by atoms with Crippen molar-refractivity contribution >= 4 is 52.3 Å². The fourth-order valence-corrected chi connectivity index (χ4v) is 3.61. The lowest BCUT2D eigenvalue weighted by Gasteiger charge is -2.30. The van der Waals surface area contributed by atoms with Crippen LogP contribution < -0.4 is 4.90 Å². The van der Waals surface area contributed by atoms with Crippen LogP contribution in [0.25, 0.3) is 0 Å². The zero-order chi connectivity index (χ0) is 21.6. The van der Waals surface area contributed by atoms with Gasteiger partial charge < -0.3 is 14.8 Å². The molecule has 0 saturated carbocycles. The maximum Gasteiger partial charge on any atom is 0.435 e. The van der Waals surface area contributed by atoms with Crippen LogP contribution in [0.5, 0.6) is 0 Å². The van der Waals surface area contributed by atoms with E-state index in [4.69, 9.17) is 39.6 Å². The molecule has 0 fully saturated rings. The van der Waals surface area contributed by atoms with Crippen molar-refractivity contribution in [3.05, 3.63) is 62.6 Å². The Hall–Kier alpha value is -2.16. The zero-order valence-corrected chi connectivity index (χ0v) is 16.9. The van der Waals surface area contributed by atoms with Crippen LogP contribution in [0.3, 0.4) is 0 Å². The van der Waals surface area contributed by atoms with Crippen LogP contribution in [0.15, 0.2) is 41.6 Å². The normalized spacial score (nSPS) is 18.9. The molecule has 0 radical (unpaired) electrons. The topological polar surface area (TPSA) is 62.1 Å². The summed E-state index contributed by atoms with van der Waals surface area (Å²) < 4.78 is 42.1. The summed E-state index contributed by atoms with van der Waals surface area (Å²) in [5, 5.41) is 12.9. The number of amidine groups is 1. The van der Waals surface area contributed by atoms with E-state index in [9.17, 15) is 23.1 Å². The number of carboxylic acid groups (broad SMARTS) is 1. The van der Waals surface area contributed by atoms with E-state index in [1.54, 1.807) is 0 Å². The molecule has 5 nitrogen and oxygen atoms in total. The molecule has 154 valence electrons. The van der Waals surface area contributed by atoms with Gasteiger partial charge in [0.05, 0.1) is 17.0 Å². The van der Waals surface area contributed by atoms with Crippen LogP contribution in [-0.2, 0) is 10.4 Å². The largest absolute Gasteiger partial charge is 0.478 e. The maximum absolute atomic E-state index is 14.0. The maximum atomic E-state index is 14.0. The van der Waals surface area contributed by atoms with Crippen molar-refractivity contribution in [2.24, 2.45) is 5.16 Å². The highest BCUT2D eigenvalue weighted by molar-refractivity contribution is 6.34. The van der Waals surface area contributed by atoms with Gasteiger partial charge in [0.2, 0.25) is 0 Å². The smallest absolute Gasteiger partial charge is 0.435 e. The van der Waals surface area contributed by atoms with Crippen molar-refractivity contribution in [1.29, 1.82) is 0 Å². The summed E-state index contributed by atoms with van der Waals surface area (Å²) in [6.45, 7) is 0. The van der Waals surface area contributed by atoms with Crippen LogP contribution in [0.2, 0.25) is 15.1 Å². The monoisotopic (exact) mass is 466 g/mol. The average Bonchev–Trinajstić information content (AvgIpc) is 3.07. The van der Waals surface area contributed by atoms with E-state index < -0.39 is 24.2 Å². The third-order valence-corrected chi connectivity index (χ3v) is 5.22. The Kier molecular flexibility index (Phi) is 5.64. The van der Waals surface area contributed by atoms with E-state index in [2.05, 4.69) is 5.16 Å². The SMILES string of the molecule is CN(C1=NOC(c2cc(Cl)cc(Cl)c2)(C(F)(F)F)C1)c1ccc(Cl)c(C(=O)O)c1. The second kappa shape index (κ2) is 7.59. The highest BCUT2D eigenvalue weighted by Crippen LogP contribution is 2.49. The Bertz CT molecular complexity index is 993. The summed E-state index contributed by atoms with van der Waals surface area (Å²) in [4.78, 5) is 17.5. The van der Waals surface area contributed by atoms with Gasteiger partial charge in [0, 0.05) is 28.3 Å². The lowest BCUT2D eigenvalue weighted by molar-refractivity contribution is -0.275. The minimum atomic E-state index is -4.83. The number of halogens is 6. The van der Waals surface area contributed by atoms with Gasteiger partial charge in [0.15, 0.2) is 5.84 Å². The van der Waals surface area contributed by atoms with E-state index in [-0.39, 0.29) is 37.7 Å². The molecule has 1 unspecified atom stereocenters. The van der Waals surface area contributed by atoms with Gasteiger partial charge in [-0.15, -0.1) is 0 Å². The summed E-state index contributed by atoms with van der Waals surface area (Å²) >= 11 is 17.6. The Balaban J connectivity index is 1.98. The molecule has 1 heterocycles. The first-order chi connectivity index (χ1) is 13.4. The number of rotatable bonds is 3. The lowest BCUT2D eigenvalue weighted by atomic mass is 9.89. The van der Waals surface area contributed by atoms with Gasteiger partial charge in [-0.1, -0.05) is 40.0 Å². The van der Waals surface area contributed by atoms with Gasteiger partial charge >= 0.3 is 12.1 Å². The number of hydrogen-bond donors (Lipinski definition) is 1. The molecule has 1 atom stereocenters. The first kappa shape index (κ1) is 21.5. The number of carbonyl (C=O) groups is 1. The minimum absolute atomic E-state index is 0.00234. The highest BCUT2D eigenvalue weighted by Gasteiger charge is 2.63. The molecular formula is C18H12Cl3F3N2O3. The predicted molar refractivity (Wildman–Crippen MR) is 104 cm³/mol. The summed E-state index contributed by atoms with van der Waals surface area (Å²) in [5.41, 5.74) is -3.00. The van der Waals surface area contributed by atoms with Gasteiger partial charge in [-0.2, -0.15) is 13.2 Å². The molecule has 0 amide bonds. The number of carboxylic acids is 1. The number of nitrogens with zero attached hydrogens (tertiary/aromatic N) is 2. The molecular weight excluding hydrogens is 456 g/mol. The Morgan fingerprint density at radius 3 is 2.34 bits per heavy atom. The van der Waals surface area contributed by atoms with Crippen molar-refractivity contribution in [3.8, 4) is 0 Å². The molecule has 0 bridgehead atoms. The highest BCUT2D eigenvalue weighted by atomic mass is 35.5. The molecule has 1 N–H and O–H groups in total. The van der Waals surface area contributed by atoms with Crippen molar-refractivity contribution in [2.75, 3.05) is 11.9 Å². The minimum Gasteiger partial charge on any atom is -0.478 e. The standard InChI is InChI=1S/C18H12Cl3F3N2O3/c1-26(12-2-3-14(21)13(7-12)16(27)28)15-8-17(29-25-15,18(22,23)24)9-4-10(19)6-11(20)5-9/h2-7H,8H2,1H3,(H,27,28). The summed E-state index contributed by atoms with van der Waals surface area (Å²) in [6.07, 6.45) is -5.51. The van der Waals surface area contributed by atoms with Gasteiger partial charge in [0.25, 0.3) is 5.60 Å². The van der Waals surface area contributed by atoms with Crippen molar-refractivity contribution in [1.82, 2.24) is 0 Å². The van der Waals surface area contributed by atoms with E-state index in [0.29, 0.717) is 0 Å². The Labute approximate surface area is 178 Å². The number of aromatic carboxylic acids is 1. The average molecular weight is 468 g/mol.